The maximum absolute atomic E-state index is 12.2. The van der Waals surface area contributed by atoms with Gasteiger partial charge in [0.05, 0.1) is 0 Å². The summed E-state index contributed by atoms with van der Waals surface area (Å²) in [5, 5.41) is 2.81. The molecule has 4 rings (SSSR count). The van der Waals surface area contributed by atoms with Gasteiger partial charge in [0.15, 0.2) is 0 Å². The maximum atomic E-state index is 12.2. The van der Waals surface area contributed by atoms with Gasteiger partial charge in [0.25, 0.3) is 0 Å². The largest absolute Gasteiger partial charge is 0.449 e. The fourth-order valence-electron chi connectivity index (χ4n) is 3.85. The average molecular weight is 399 g/mol. The smallest absolute Gasteiger partial charge is 0.407 e. The zero-order valence-electron chi connectivity index (χ0n) is 17.0. The van der Waals surface area contributed by atoms with Gasteiger partial charge >= 0.3 is 6.09 Å². The number of nitrogen functional groups attached to an aromatic ring is 1. The Labute approximate surface area is 176 Å². The Morgan fingerprint density at radius 1 is 1.13 bits per heavy atom. The standard InChI is InChI=1S/C25H25N3O2/c1-17-14-18(24(26)28-15-17)8-6-7-13-27-25(29)30-16-23-21-11-4-2-9-19(21)20-10-3-5-12-22(20)23/h2-6,8-12,14-15,23H,7,13,16H2,1H3,(H2,26,28)(H,27,29). The second kappa shape index (κ2) is 8.82. The molecule has 0 saturated heterocycles. The molecule has 0 atom stereocenters. The van der Waals surface area contributed by atoms with Crippen molar-refractivity contribution in [2.75, 3.05) is 18.9 Å². The molecule has 0 unspecified atom stereocenters. The van der Waals surface area contributed by atoms with E-state index < -0.39 is 6.09 Å². The van der Waals surface area contributed by atoms with Crippen LogP contribution in [0.5, 0.6) is 0 Å². The normalized spacial score (nSPS) is 12.6. The highest BCUT2D eigenvalue weighted by molar-refractivity contribution is 5.79. The number of aromatic nitrogens is 1. The number of ether oxygens (including phenoxy) is 1. The molecule has 1 aromatic heterocycles. The lowest BCUT2D eigenvalue weighted by Gasteiger charge is -2.14. The van der Waals surface area contributed by atoms with Crippen molar-refractivity contribution in [3.8, 4) is 11.1 Å². The molecule has 1 heterocycles. The summed E-state index contributed by atoms with van der Waals surface area (Å²) in [4.78, 5) is 16.3. The number of nitrogens with zero attached hydrogens (tertiary/aromatic N) is 1. The molecule has 0 saturated carbocycles. The average Bonchev–Trinajstić information content (AvgIpc) is 3.08. The highest BCUT2D eigenvalue weighted by Crippen LogP contribution is 2.44. The molecule has 3 N–H and O–H groups in total. The molecule has 0 aliphatic heterocycles. The van der Waals surface area contributed by atoms with Crippen molar-refractivity contribution in [3.63, 3.8) is 0 Å². The molecule has 1 amide bonds. The van der Waals surface area contributed by atoms with Gasteiger partial charge in [0.1, 0.15) is 12.4 Å². The fourth-order valence-corrected chi connectivity index (χ4v) is 3.85. The van der Waals surface area contributed by atoms with Gasteiger partial charge in [-0.25, -0.2) is 9.78 Å². The van der Waals surface area contributed by atoms with Crippen molar-refractivity contribution < 1.29 is 9.53 Å². The van der Waals surface area contributed by atoms with Gasteiger partial charge in [0, 0.05) is 24.2 Å². The molecule has 30 heavy (non-hydrogen) atoms. The second-order valence-corrected chi connectivity index (χ2v) is 7.43. The first kappa shape index (κ1) is 19.7. The van der Waals surface area contributed by atoms with E-state index in [4.69, 9.17) is 10.5 Å². The van der Waals surface area contributed by atoms with E-state index in [9.17, 15) is 4.79 Å². The van der Waals surface area contributed by atoms with Crippen molar-refractivity contribution in [2.45, 2.75) is 19.3 Å². The molecule has 0 spiro atoms. The molecule has 2 aromatic carbocycles. The monoisotopic (exact) mass is 399 g/mol. The van der Waals surface area contributed by atoms with Gasteiger partial charge in [-0.05, 0) is 47.2 Å². The van der Waals surface area contributed by atoms with Crippen LogP contribution in [-0.4, -0.2) is 24.2 Å². The van der Waals surface area contributed by atoms with Crippen molar-refractivity contribution >= 4 is 18.0 Å². The first-order chi connectivity index (χ1) is 14.6. The minimum atomic E-state index is -0.401. The van der Waals surface area contributed by atoms with E-state index in [-0.39, 0.29) is 5.92 Å². The molecule has 1 aliphatic rings. The Morgan fingerprint density at radius 2 is 1.80 bits per heavy atom. The van der Waals surface area contributed by atoms with Gasteiger partial charge in [-0.3, -0.25) is 0 Å². The van der Waals surface area contributed by atoms with Crippen LogP contribution in [-0.2, 0) is 4.74 Å². The molecule has 5 nitrogen and oxygen atoms in total. The lowest BCUT2D eigenvalue weighted by Crippen LogP contribution is -2.26. The van der Waals surface area contributed by atoms with E-state index >= 15 is 0 Å². The molecule has 0 fully saturated rings. The van der Waals surface area contributed by atoms with E-state index in [1.807, 2.05) is 49.4 Å². The molecule has 3 aromatic rings. The number of rotatable bonds is 6. The summed E-state index contributed by atoms with van der Waals surface area (Å²) in [5.41, 5.74) is 12.7. The SMILES string of the molecule is Cc1cnc(N)c(C=CCCNC(=O)OCC2c3ccccc3-c3ccccc32)c1. The summed E-state index contributed by atoms with van der Waals surface area (Å²) in [6.07, 6.45) is 5.91. The van der Waals surface area contributed by atoms with Gasteiger partial charge in [-0.15, -0.1) is 0 Å². The summed E-state index contributed by atoms with van der Waals surface area (Å²) in [5.74, 6) is 0.571. The summed E-state index contributed by atoms with van der Waals surface area (Å²) >= 11 is 0. The van der Waals surface area contributed by atoms with Crippen LogP contribution in [0.25, 0.3) is 17.2 Å². The summed E-state index contributed by atoms with van der Waals surface area (Å²) in [6.45, 7) is 2.79. The maximum Gasteiger partial charge on any atom is 0.407 e. The molecule has 1 aliphatic carbocycles. The third-order valence-electron chi connectivity index (χ3n) is 5.31. The third-order valence-corrected chi connectivity index (χ3v) is 5.31. The number of carbonyl (C=O) groups excluding carboxylic acids is 1. The first-order valence-corrected chi connectivity index (χ1v) is 10.1. The minimum Gasteiger partial charge on any atom is -0.449 e. The third kappa shape index (κ3) is 4.20. The van der Waals surface area contributed by atoms with Crippen LogP contribution in [0.2, 0.25) is 0 Å². The van der Waals surface area contributed by atoms with E-state index in [1.165, 1.54) is 22.3 Å². The van der Waals surface area contributed by atoms with Crippen molar-refractivity contribution in [1.29, 1.82) is 0 Å². The van der Waals surface area contributed by atoms with Crippen molar-refractivity contribution in [3.05, 3.63) is 89.1 Å². The number of carbonyl (C=O) groups is 1. The van der Waals surface area contributed by atoms with E-state index in [1.54, 1.807) is 6.20 Å². The Morgan fingerprint density at radius 3 is 2.50 bits per heavy atom. The molecular weight excluding hydrogens is 374 g/mol. The van der Waals surface area contributed by atoms with Gasteiger partial charge < -0.3 is 15.8 Å². The number of fused-ring (bicyclic) bond motifs is 3. The van der Waals surface area contributed by atoms with Gasteiger partial charge in [-0.1, -0.05) is 60.7 Å². The van der Waals surface area contributed by atoms with Crippen LogP contribution < -0.4 is 11.1 Å². The molecule has 5 heteroatoms. The number of hydrogen-bond acceptors (Lipinski definition) is 4. The van der Waals surface area contributed by atoms with Crippen molar-refractivity contribution in [1.82, 2.24) is 10.3 Å². The van der Waals surface area contributed by atoms with E-state index in [2.05, 4.69) is 34.6 Å². The quantitative estimate of drug-likeness (QED) is 0.577. The number of benzene rings is 2. The zero-order valence-corrected chi connectivity index (χ0v) is 17.0. The highest BCUT2D eigenvalue weighted by atomic mass is 16.5. The Bertz CT molecular complexity index is 1050. The van der Waals surface area contributed by atoms with Gasteiger partial charge in [-0.2, -0.15) is 0 Å². The predicted molar refractivity (Wildman–Crippen MR) is 120 cm³/mol. The van der Waals surface area contributed by atoms with Crippen LogP contribution in [0.15, 0.2) is 66.9 Å². The van der Waals surface area contributed by atoms with Crippen LogP contribution in [0.4, 0.5) is 10.6 Å². The number of alkyl carbamates (subject to hydrolysis) is 1. The van der Waals surface area contributed by atoms with Crippen LogP contribution in [0.3, 0.4) is 0 Å². The number of amides is 1. The number of anilines is 1. The summed E-state index contributed by atoms with van der Waals surface area (Å²) < 4.78 is 5.54. The number of nitrogens with one attached hydrogen (secondary N) is 1. The molecule has 0 bridgehead atoms. The molecular formula is C25H25N3O2. The molecule has 0 radical (unpaired) electrons. The van der Waals surface area contributed by atoms with Crippen LogP contribution in [0.1, 0.15) is 34.6 Å². The first-order valence-electron chi connectivity index (χ1n) is 10.1. The lowest BCUT2D eigenvalue weighted by atomic mass is 9.98. The van der Waals surface area contributed by atoms with Crippen molar-refractivity contribution in [2.24, 2.45) is 0 Å². The van der Waals surface area contributed by atoms with Crippen LogP contribution in [0, 0.1) is 6.92 Å². The highest BCUT2D eigenvalue weighted by Gasteiger charge is 2.28. The number of aryl methyl sites for hydroxylation is 1. The lowest BCUT2D eigenvalue weighted by molar-refractivity contribution is 0.143. The fraction of sp³-hybridized carbons (Fsp3) is 0.200. The van der Waals surface area contributed by atoms with Gasteiger partial charge in [0.2, 0.25) is 0 Å². The Kier molecular flexibility index (Phi) is 5.80. The number of nitrogens with two attached hydrogens (primary N) is 1. The zero-order chi connectivity index (χ0) is 20.9. The molecule has 152 valence electrons. The topological polar surface area (TPSA) is 77.2 Å². The number of hydrogen-bond donors (Lipinski definition) is 2. The van der Waals surface area contributed by atoms with E-state index in [0.29, 0.717) is 25.4 Å². The number of pyridine rings is 1. The van der Waals surface area contributed by atoms with E-state index in [0.717, 1.165) is 11.1 Å². The minimum absolute atomic E-state index is 0.0693. The van der Waals surface area contributed by atoms with Crippen LogP contribution >= 0.6 is 0 Å². The second-order valence-electron chi connectivity index (χ2n) is 7.43. The Hall–Kier alpha value is -3.60. The predicted octanol–water partition coefficient (Wildman–Crippen LogP) is 4.91. The summed E-state index contributed by atoms with van der Waals surface area (Å²) in [6, 6.07) is 18.6. The summed E-state index contributed by atoms with van der Waals surface area (Å²) in [7, 11) is 0. The Balaban J connectivity index is 1.28.